The third kappa shape index (κ3) is 2.31. The van der Waals surface area contributed by atoms with E-state index in [1.807, 2.05) is 6.07 Å². The molecular weight excluding hydrogens is 205 g/mol. The summed E-state index contributed by atoms with van der Waals surface area (Å²) in [6, 6.07) is 6.14. The van der Waals surface area contributed by atoms with E-state index in [4.69, 9.17) is 11.0 Å². The van der Waals surface area contributed by atoms with Crippen LogP contribution in [-0.2, 0) is 0 Å². The van der Waals surface area contributed by atoms with Crippen molar-refractivity contribution in [3.05, 3.63) is 29.6 Å². The second kappa shape index (κ2) is 4.11. The molecule has 1 aliphatic carbocycles. The number of nitrogens with zero attached hydrogens (tertiary/aromatic N) is 1. The molecule has 0 heterocycles. The fraction of sp³-hybridized carbons (Fsp3) is 0.417. The first-order chi connectivity index (χ1) is 7.61. The van der Waals surface area contributed by atoms with Crippen LogP contribution in [0.3, 0.4) is 0 Å². The maximum Gasteiger partial charge on any atom is 0.126 e. The summed E-state index contributed by atoms with van der Waals surface area (Å²) < 4.78 is 13.1. The highest BCUT2D eigenvalue weighted by Crippen LogP contribution is 2.29. The minimum Gasteiger partial charge on any atom is -0.383 e. The van der Waals surface area contributed by atoms with Crippen LogP contribution in [0.1, 0.15) is 24.8 Å². The zero-order valence-electron chi connectivity index (χ0n) is 8.96. The molecule has 0 aliphatic heterocycles. The molecule has 1 aliphatic rings. The first-order valence-electron chi connectivity index (χ1n) is 5.35. The van der Waals surface area contributed by atoms with Crippen molar-refractivity contribution in [3.63, 3.8) is 0 Å². The van der Waals surface area contributed by atoms with Gasteiger partial charge in [-0.2, -0.15) is 5.26 Å². The Hall–Kier alpha value is -1.60. The van der Waals surface area contributed by atoms with Gasteiger partial charge in [0.2, 0.25) is 0 Å². The van der Waals surface area contributed by atoms with Gasteiger partial charge in [0.25, 0.3) is 0 Å². The minimum absolute atomic E-state index is 0.154. The Labute approximate surface area is 94.1 Å². The van der Waals surface area contributed by atoms with E-state index in [0.717, 1.165) is 19.3 Å². The maximum atomic E-state index is 13.1. The van der Waals surface area contributed by atoms with Gasteiger partial charge in [0.15, 0.2) is 0 Å². The topological polar surface area (TPSA) is 61.8 Å². The molecule has 0 spiro atoms. The van der Waals surface area contributed by atoms with Crippen LogP contribution >= 0.6 is 0 Å². The number of hydrogen-bond acceptors (Lipinski definition) is 3. The van der Waals surface area contributed by atoms with Crippen molar-refractivity contribution >= 4 is 5.69 Å². The summed E-state index contributed by atoms with van der Waals surface area (Å²) >= 11 is 0. The Balaban J connectivity index is 2.04. The third-order valence-corrected chi connectivity index (χ3v) is 3.02. The molecule has 1 aromatic rings. The molecule has 0 saturated heterocycles. The molecule has 0 amide bonds. The number of nitriles is 1. The number of nitrogens with one attached hydrogen (secondary N) is 1. The minimum atomic E-state index is -0.402. The molecule has 0 radical (unpaired) electrons. The van der Waals surface area contributed by atoms with E-state index >= 15 is 0 Å². The molecule has 0 aromatic heterocycles. The zero-order chi connectivity index (χ0) is 11.6. The number of nitrogens with two attached hydrogens (primary N) is 1. The van der Waals surface area contributed by atoms with Crippen LogP contribution in [0.2, 0.25) is 0 Å². The van der Waals surface area contributed by atoms with E-state index in [0.29, 0.717) is 17.8 Å². The highest BCUT2D eigenvalue weighted by molar-refractivity contribution is 5.50. The molecule has 84 valence electrons. The van der Waals surface area contributed by atoms with Crippen LogP contribution in [0.25, 0.3) is 0 Å². The number of rotatable bonds is 3. The lowest BCUT2D eigenvalue weighted by Crippen LogP contribution is -2.51. The first-order valence-corrected chi connectivity index (χ1v) is 5.35. The average molecular weight is 219 g/mol. The van der Waals surface area contributed by atoms with E-state index in [-0.39, 0.29) is 5.54 Å². The van der Waals surface area contributed by atoms with E-state index in [2.05, 4.69) is 5.32 Å². The lowest BCUT2D eigenvalue weighted by molar-refractivity contribution is 0.265. The second-order valence-corrected chi connectivity index (χ2v) is 4.41. The molecule has 0 unspecified atom stereocenters. The van der Waals surface area contributed by atoms with Crippen molar-refractivity contribution in [2.24, 2.45) is 5.73 Å². The third-order valence-electron chi connectivity index (χ3n) is 3.02. The van der Waals surface area contributed by atoms with Gasteiger partial charge in [0, 0.05) is 17.8 Å². The number of anilines is 1. The molecule has 3 N–H and O–H groups in total. The van der Waals surface area contributed by atoms with Crippen LogP contribution in [0, 0.1) is 17.1 Å². The number of hydrogen-bond donors (Lipinski definition) is 2. The Bertz CT molecular complexity index is 432. The molecule has 1 saturated carbocycles. The summed E-state index contributed by atoms with van der Waals surface area (Å²) in [4.78, 5) is 0. The van der Waals surface area contributed by atoms with Crippen molar-refractivity contribution in [2.75, 3.05) is 11.9 Å². The van der Waals surface area contributed by atoms with E-state index in [9.17, 15) is 4.39 Å². The molecule has 3 nitrogen and oxygen atoms in total. The molecule has 16 heavy (non-hydrogen) atoms. The molecule has 4 heteroatoms. The Morgan fingerprint density at radius 2 is 2.19 bits per heavy atom. The van der Waals surface area contributed by atoms with E-state index in [1.165, 1.54) is 12.1 Å². The highest BCUT2D eigenvalue weighted by atomic mass is 19.1. The molecule has 1 aromatic carbocycles. The Morgan fingerprint density at radius 3 is 2.75 bits per heavy atom. The fourth-order valence-electron chi connectivity index (χ4n) is 1.84. The normalized spacial score (nSPS) is 17.3. The Morgan fingerprint density at radius 1 is 1.44 bits per heavy atom. The van der Waals surface area contributed by atoms with Gasteiger partial charge in [-0.3, -0.25) is 0 Å². The van der Waals surface area contributed by atoms with Gasteiger partial charge >= 0.3 is 0 Å². The van der Waals surface area contributed by atoms with E-state index in [1.54, 1.807) is 6.07 Å². The quantitative estimate of drug-likeness (QED) is 0.817. The largest absolute Gasteiger partial charge is 0.383 e. The van der Waals surface area contributed by atoms with Gasteiger partial charge in [-0.25, -0.2) is 4.39 Å². The summed E-state index contributed by atoms with van der Waals surface area (Å²) in [6.45, 7) is 0.626. The predicted molar refractivity (Wildman–Crippen MR) is 60.4 cm³/mol. The van der Waals surface area contributed by atoms with Gasteiger partial charge in [-0.15, -0.1) is 0 Å². The molecule has 0 atom stereocenters. The summed E-state index contributed by atoms with van der Waals surface area (Å²) in [5, 5.41) is 11.8. The van der Waals surface area contributed by atoms with Crippen LogP contribution in [0.15, 0.2) is 18.2 Å². The van der Waals surface area contributed by atoms with Gasteiger partial charge in [-0.1, -0.05) is 0 Å². The average Bonchev–Trinajstić information content (AvgIpc) is 2.23. The molecular formula is C12H14FN3. The highest BCUT2D eigenvalue weighted by Gasteiger charge is 2.31. The van der Waals surface area contributed by atoms with Gasteiger partial charge in [0.05, 0.1) is 11.6 Å². The number of benzene rings is 1. The first kappa shape index (κ1) is 10.9. The smallest absolute Gasteiger partial charge is 0.126 e. The van der Waals surface area contributed by atoms with E-state index < -0.39 is 5.82 Å². The van der Waals surface area contributed by atoms with Crippen molar-refractivity contribution in [3.8, 4) is 6.07 Å². The summed E-state index contributed by atoms with van der Waals surface area (Å²) in [7, 11) is 0. The monoisotopic (exact) mass is 219 g/mol. The SMILES string of the molecule is N#Cc1cc(F)cc(NCC2(N)CCC2)c1. The van der Waals surface area contributed by atoms with Crippen molar-refractivity contribution in [1.82, 2.24) is 0 Å². The lowest BCUT2D eigenvalue weighted by atomic mass is 9.78. The second-order valence-electron chi connectivity index (χ2n) is 4.41. The van der Waals surface area contributed by atoms with Gasteiger partial charge in [0.1, 0.15) is 5.82 Å². The summed E-state index contributed by atoms with van der Waals surface area (Å²) in [6.07, 6.45) is 3.16. The van der Waals surface area contributed by atoms with Crippen LogP contribution in [0.5, 0.6) is 0 Å². The maximum absolute atomic E-state index is 13.1. The van der Waals surface area contributed by atoms with Gasteiger partial charge in [-0.05, 0) is 37.5 Å². The molecule has 2 rings (SSSR count). The number of halogens is 1. The van der Waals surface area contributed by atoms with Crippen LogP contribution in [0.4, 0.5) is 10.1 Å². The Kier molecular flexibility index (Phi) is 2.80. The standard InChI is InChI=1S/C12H14FN3/c13-10-4-9(7-14)5-11(6-10)16-8-12(15)2-1-3-12/h4-6,16H,1-3,8,15H2. The van der Waals surface area contributed by atoms with Crippen molar-refractivity contribution in [1.29, 1.82) is 5.26 Å². The molecule has 1 fully saturated rings. The van der Waals surface area contributed by atoms with Crippen molar-refractivity contribution in [2.45, 2.75) is 24.8 Å². The lowest BCUT2D eigenvalue weighted by Gasteiger charge is -2.38. The van der Waals surface area contributed by atoms with Gasteiger partial charge < -0.3 is 11.1 Å². The zero-order valence-corrected chi connectivity index (χ0v) is 8.96. The van der Waals surface area contributed by atoms with Crippen LogP contribution in [-0.4, -0.2) is 12.1 Å². The fourth-order valence-corrected chi connectivity index (χ4v) is 1.84. The summed E-state index contributed by atoms with van der Waals surface area (Å²) in [5.74, 6) is -0.402. The van der Waals surface area contributed by atoms with Crippen molar-refractivity contribution < 1.29 is 4.39 Å². The predicted octanol–water partition coefficient (Wildman–Crippen LogP) is 1.99. The summed E-state index contributed by atoms with van der Waals surface area (Å²) in [5.41, 5.74) is 6.82. The molecule has 0 bridgehead atoms. The van der Waals surface area contributed by atoms with Crippen LogP contribution < -0.4 is 11.1 Å².